The maximum Gasteiger partial charge on any atom is 0.224 e. The fraction of sp³-hybridized carbons (Fsp3) is 0.800. The van der Waals surface area contributed by atoms with E-state index in [1.54, 1.807) is 0 Å². The molecule has 0 saturated carbocycles. The predicted octanol–water partition coefficient (Wildman–Crippen LogP) is -0.443. The number of amides is 1. The molecule has 1 fully saturated rings. The molecule has 0 aromatic carbocycles. The van der Waals surface area contributed by atoms with Gasteiger partial charge in [-0.3, -0.25) is 4.79 Å². The van der Waals surface area contributed by atoms with Crippen LogP contribution in [0.25, 0.3) is 0 Å². The highest BCUT2D eigenvalue weighted by molar-refractivity contribution is 5.77. The second kappa shape index (κ2) is 1.74. The average Bonchev–Trinajstić information content (AvgIpc) is 2.05. The van der Waals surface area contributed by atoms with Gasteiger partial charge < -0.3 is 10.0 Å². The lowest BCUT2D eigenvalue weighted by atomic mass is 10.4. The average molecular weight is 119 g/mol. The van der Waals surface area contributed by atoms with Crippen molar-refractivity contribution < 1.29 is 15.4 Å². The number of hydrogen-bond acceptors (Lipinski definition) is 2. The summed E-state index contributed by atoms with van der Waals surface area (Å²) in [5.74, 6) is -1.03. The minimum Gasteiger partial charge on any atom is -0.374 e. The Labute approximate surface area is 53.5 Å². The number of likely N-dealkylation sites (tertiary alicyclic amines) is 1. The van der Waals surface area contributed by atoms with Crippen LogP contribution in [0.2, 0.25) is 0 Å². The maximum absolute atomic E-state index is 11.0. The van der Waals surface area contributed by atoms with Crippen molar-refractivity contribution in [2.24, 2.45) is 0 Å². The van der Waals surface area contributed by atoms with E-state index in [1.165, 1.54) is 0 Å². The first-order valence-electron chi connectivity index (χ1n) is 4.18. The minimum absolute atomic E-state index is 0.667. The van der Waals surface area contributed by atoms with Crippen LogP contribution < -0.4 is 0 Å². The zero-order chi connectivity index (χ0) is 9.73. The van der Waals surface area contributed by atoms with Gasteiger partial charge in [0, 0.05) is 25.3 Å². The molecule has 1 aliphatic heterocycles. The summed E-state index contributed by atoms with van der Waals surface area (Å²) in [6, 6.07) is 0. The Hall–Kier alpha value is -0.570. The monoisotopic (exact) mass is 119 g/mol. The molecule has 1 amide bonds. The van der Waals surface area contributed by atoms with Gasteiger partial charge in [-0.05, 0) is 0 Å². The van der Waals surface area contributed by atoms with Crippen LogP contribution in [-0.2, 0) is 4.79 Å². The standard InChI is InChI=1S/C5H9NO2/c1-6-4(7)2-3-5(6)8/h4,7H,2-3H2,1H3/i2D2,3D2. The Morgan fingerprint density at radius 1 is 2.12 bits per heavy atom. The molecule has 1 unspecified atom stereocenters. The van der Waals surface area contributed by atoms with Gasteiger partial charge in [0.05, 0.1) is 0 Å². The molecule has 0 bridgehead atoms. The van der Waals surface area contributed by atoms with Gasteiger partial charge in [-0.2, -0.15) is 0 Å². The number of rotatable bonds is 0. The molecule has 0 spiro atoms. The molecule has 1 N–H and O–H groups in total. The highest BCUT2D eigenvalue weighted by atomic mass is 16.3. The molecule has 3 heteroatoms. The number of hydrogen-bond donors (Lipinski definition) is 1. The zero-order valence-corrected chi connectivity index (χ0v) is 4.38. The molecule has 8 heavy (non-hydrogen) atoms. The predicted molar refractivity (Wildman–Crippen MR) is 28.0 cm³/mol. The molecule has 0 aliphatic carbocycles. The Kier molecular flexibility index (Phi) is 0.512. The number of carbonyl (C=O) groups is 1. The van der Waals surface area contributed by atoms with Crippen molar-refractivity contribution >= 4 is 5.91 Å². The van der Waals surface area contributed by atoms with Crippen molar-refractivity contribution in [2.45, 2.75) is 19.0 Å². The molecule has 3 nitrogen and oxygen atoms in total. The summed E-state index contributed by atoms with van der Waals surface area (Å²) in [7, 11) is 1.16. The summed E-state index contributed by atoms with van der Waals surface area (Å²) in [6.07, 6.45) is -6.89. The van der Waals surface area contributed by atoms with E-state index >= 15 is 0 Å². The number of aliphatic hydroxyl groups excluding tert-OH is 1. The van der Waals surface area contributed by atoms with Gasteiger partial charge in [0.25, 0.3) is 0 Å². The summed E-state index contributed by atoms with van der Waals surface area (Å²) in [5.41, 5.74) is 0. The molecule has 0 radical (unpaired) electrons. The van der Waals surface area contributed by atoms with Gasteiger partial charge in [-0.15, -0.1) is 0 Å². The summed E-state index contributed by atoms with van der Waals surface area (Å²) < 4.78 is 28.5. The van der Waals surface area contributed by atoms with Gasteiger partial charge in [0.1, 0.15) is 6.23 Å². The van der Waals surface area contributed by atoms with Crippen LogP contribution in [0.1, 0.15) is 18.2 Å². The molecule has 1 heterocycles. The molecule has 0 aromatic rings. The fourth-order valence-corrected chi connectivity index (χ4v) is 0.422. The van der Waals surface area contributed by atoms with E-state index in [9.17, 15) is 4.79 Å². The first-order chi connectivity index (χ1) is 5.23. The molecule has 1 aliphatic rings. The molecule has 1 rings (SSSR count). The summed E-state index contributed by atoms with van der Waals surface area (Å²) in [5, 5.41) is 9.12. The van der Waals surface area contributed by atoms with Crippen LogP contribution in [0.5, 0.6) is 0 Å². The van der Waals surface area contributed by atoms with Crippen molar-refractivity contribution in [1.82, 2.24) is 4.90 Å². The Morgan fingerprint density at radius 2 is 2.75 bits per heavy atom. The third-order valence-corrected chi connectivity index (χ3v) is 0.995. The zero-order valence-electron chi connectivity index (χ0n) is 8.38. The summed E-state index contributed by atoms with van der Waals surface area (Å²) >= 11 is 0. The van der Waals surface area contributed by atoms with Crippen molar-refractivity contribution in [1.29, 1.82) is 0 Å². The normalized spacial score (nSPS) is 49.5. The van der Waals surface area contributed by atoms with E-state index in [0.717, 1.165) is 7.05 Å². The highest BCUT2D eigenvalue weighted by Crippen LogP contribution is 2.12. The molecule has 1 saturated heterocycles. The van der Waals surface area contributed by atoms with Crippen LogP contribution in [0, 0.1) is 0 Å². The topological polar surface area (TPSA) is 40.5 Å². The van der Waals surface area contributed by atoms with E-state index in [0.29, 0.717) is 4.90 Å². The Bertz CT molecular complexity index is 229. The molecule has 0 aromatic heterocycles. The van der Waals surface area contributed by atoms with E-state index in [4.69, 9.17) is 10.6 Å². The van der Waals surface area contributed by atoms with E-state index in [1.807, 2.05) is 0 Å². The minimum atomic E-state index is -2.64. The molecular formula is C5H9NO2. The lowest BCUT2D eigenvalue weighted by molar-refractivity contribution is -0.131. The van der Waals surface area contributed by atoms with Crippen LogP contribution in [0.3, 0.4) is 0 Å². The van der Waals surface area contributed by atoms with E-state index in [-0.39, 0.29) is 0 Å². The van der Waals surface area contributed by atoms with Crippen molar-refractivity contribution in [2.75, 3.05) is 7.05 Å². The lowest BCUT2D eigenvalue weighted by Crippen LogP contribution is -2.27. The Morgan fingerprint density at radius 3 is 2.88 bits per heavy atom. The summed E-state index contributed by atoms with van der Waals surface area (Å²) in [4.78, 5) is 11.7. The van der Waals surface area contributed by atoms with Crippen molar-refractivity contribution in [3.8, 4) is 0 Å². The van der Waals surface area contributed by atoms with Gasteiger partial charge >= 0.3 is 0 Å². The fourth-order valence-electron chi connectivity index (χ4n) is 0.422. The lowest BCUT2D eigenvalue weighted by Gasteiger charge is -2.11. The maximum atomic E-state index is 11.0. The van der Waals surface area contributed by atoms with E-state index < -0.39 is 24.9 Å². The highest BCUT2D eigenvalue weighted by Gasteiger charge is 2.24. The SMILES string of the molecule is [2H]C1([2H])C(=O)N(C)C(O)C1([2H])[2H]. The first kappa shape index (κ1) is 2.35. The quantitative estimate of drug-likeness (QED) is 0.469. The van der Waals surface area contributed by atoms with Gasteiger partial charge in [-0.25, -0.2) is 0 Å². The Balaban J connectivity index is 3.14. The van der Waals surface area contributed by atoms with Crippen LogP contribution in [0.4, 0.5) is 0 Å². The molecule has 1 atom stereocenters. The molecular weight excluding hydrogens is 106 g/mol. The number of carbonyl (C=O) groups excluding carboxylic acids is 1. The summed E-state index contributed by atoms with van der Waals surface area (Å²) in [6.45, 7) is 0. The largest absolute Gasteiger partial charge is 0.374 e. The molecule has 46 valence electrons. The van der Waals surface area contributed by atoms with Gasteiger partial charge in [-0.1, -0.05) is 0 Å². The van der Waals surface area contributed by atoms with Gasteiger partial charge in [0.15, 0.2) is 0 Å². The van der Waals surface area contributed by atoms with Crippen molar-refractivity contribution in [3.63, 3.8) is 0 Å². The smallest absolute Gasteiger partial charge is 0.224 e. The van der Waals surface area contributed by atoms with Crippen LogP contribution in [-0.4, -0.2) is 29.2 Å². The first-order valence-corrected chi connectivity index (χ1v) is 2.18. The third kappa shape index (κ3) is 0.690. The second-order valence-corrected chi connectivity index (χ2v) is 1.56. The van der Waals surface area contributed by atoms with Crippen molar-refractivity contribution in [3.05, 3.63) is 0 Å². The van der Waals surface area contributed by atoms with Crippen LogP contribution >= 0.6 is 0 Å². The van der Waals surface area contributed by atoms with Crippen LogP contribution in [0.15, 0.2) is 0 Å². The third-order valence-electron chi connectivity index (χ3n) is 0.995. The second-order valence-electron chi connectivity index (χ2n) is 1.56. The van der Waals surface area contributed by atoms with Gasteiger partial charge in [0.2, 0.25) is 5.91 Å². The van der Waals surface area contributed by atoms with E-state index in [2.05, 4.69) is 0 Å². The number of aliphatic hydroxyl groups is 1. The number of nitrogens with zero attached hydrogens (tertiary/aromatic N) is 1.